The Morgan fingerprint density at radius 2 is 2.10 bits per heavy atom. The molecular weight excluding hydrogens is 268 g/mol. The van der Waals surface area contributed by atoms with Gasteiger partial charge in [0.2, 0.25) is 0 Å². The van der Waals surface area contributed by atoms with Crippen molar-refractivity contribution >= 4 is 5.65 Å². The molecule has 3 aromatic heterocycles. The molecule has 3 heterocycles. The summed E-state index contributed by atoms with van der Waals surface area (Å²) in [4.78, 5) is 20.4. The van der Waals surface area contributed by atoms with Crippen LogP contribution in [0.25, 0.3) is 17.0 Å². The van der Waals surface area contributed by atoms with Crippen molar-refractivity contribution in [1.29, 1.82) is 0 Å². The molecule has 0 bridgehead atoms. The summed E-state index contributed by atoms with van der Waals surface area (Å²) >= 11 is 0. The first-order valence-corrected chi connectivity index (χ1v) is 6.76. The lowest BCUT2D eigenvalue weighted by atomic mass is 10.2. The Bertz CT molecular complexity index is 821. The normalized spacial score (nSPS) is 11.1. The van der Waals surface area contributed by atoms with E-state index < -0.39 is 0 Å². The standard InChI is InChI=1S/C14H16N6O/c1-19-10(3-2-4-15)7-14(21)20-13(19)8-11(18-20)12-9-16-5-6-17-12/h5-9H,2-4,15H2,1H3. The average Bonchev–Trinajstić information content (AvgIpc) is 2.96. The van der Waals surface area contributed by atoms with Crippen molar-refractivity contribution in [2.24, 2.45) is 12.8 Å². The molecule has 3 rings (SSSR count). The van der Waals surface area contributed by atoms with Gasteiger partial charge in [-0.2, -0.15) is 9.61 Å². The zero-order valence-corrected chi connectivity index (χ0v) is 11.7. The fourth-order valence-electron chi connectivity index (χ4n) is 2.30. The predicted molar refractivity (Wildman–Crippen MR) is 78.8 cm³/mol. The minimum atomic E-state index is -0.148. The fraction of sp³-hybridized carbons (Fsp3) is 0.286. The Kier molecular flexibility index (Phi) is 3.49. The van der Waals surface area contributed by atoms with E-state index in [0.717, 1.165) is 24.2 Å². The number of fused-ring (bicyclic) bond motifs is 1. The molecule has 0 fully saturated rings. The first-order chi connectivity index (χ1) is 10.2. The third-order valence-corrected chi connectivity index (χ3v) is 3.43. The van der Waals surface area contributed by atoms with Gasteiger partial charge in [0.15, 0.2) is 0 Å². The highest BCUT2D eigenvalue weighted by Crippen LogP contribution is 2.16. The third kappa shape index (κ3) is 2.43. The molecule has 0 radical (unpaired) electrons. The summed E-state index contributed by atoms with van der Waals surface area (Å²) in [7, 11) is 1.92. The number of aryl methyl sites for hydroxylation is 2. The van der Waals surface area contributed by atoms with Crippen molar-refractivity contribution < 1.29 is 0 Å². The van der Waals surface area contributed by atoms with Gasteiger partial charge in [-0.3, -0.25) is 14.8 Å². The summed E-state index contributed by atoms with van der Waals surface area (Å²) in [6.45, 7) is 0.601. The van der Waals surface area contributed by atoms with Crippen LogP contribution in [0.4, 0.5) is 0 Å². The Balaban J connectivity index is 2.15. The summed E-state index contributed by atoms with van der Waals surface area (Å²) in [5.74, 6) is 0. The quantitative estimate of drug-likeness (QED) is 0.748. The smallest absolute Gasteiger partial charge is 0.274 e. The van der Waals surface area contributed by atoms with Crippen molar-refractivity contribution in [3.8, 4) is 11.4 Å². The van der Waals surface area contributed by atoms with Crippen molar-refractivity contribution in [2.45, 2.75) is 12.8 Å². The molecule has 108 valence electrons. The highest BCUT2D eigenvalue weighted by atomic mass is 16.1. The number of aromatic nitrogens is 5. The van der Waals surface area contributed by atoms with Gasteiger partial charge in [0.05, 0.1) is 6.20 Å². The summed E-state index contributed by atoms with van der Waals surface area (Å²) in [5.41, 5.74) is 8.34. The van der Waals surface area contributed by atoms with E-state index >= 15 is 0 Å². The van der Waals surface area contributed by atoms with E-state index in [2.05, 4.69) is 15.1 Å². The number of hydrogen-bond donors (Lipinski definition) is 1. The maximum atomic E-state index is 12.2. The van der Waals surface area contributed by atoms with Crippen LogP contribution in [0.1, 0.15) is 12.1 Å². The SMILES string of the molecule is Cn1c(CCCN)cc(=O)n2nc(-c3cnccn3)cc12. The van der Waals surface area contributed by atoms with Crippen molar-refractivity contribution in [3.63, 3.8) is 0 Å². The Morgan fingerprint density at radius 3 is 2.81 bits per heavy atom. The number of rotatable bonds is 4. The van der Waals surface area contributed by atoms with E-state index in [0.29, 0.717) is 17.9 Å². The summed E-state index contributed by atoms with van der Waals surface area (Å²) < 4.78 is 3.35. The average molecular weight is 284 g/mol. The van der Waals surface area contributed by atoms with Gasteiger partial charge in [0.25, 0.3) is 5.56 Å². The Hall–Kier alpha value is -2.54. The first-order valence-electron chi connectivity index (χ1n) is 6.76. The molecule has 0 spiro atoms. The zero-order chi connectivity index (χ0) is 14.8. The van der Waals surface area contributed by atoms with Gasteiger partial charge in [0, 0.05) is 37.3 Å². The lowest BCUT2D eigenvalue weighted by Gasteiger charge is -2.09. The first kappa shape index (κ1) is 13.4. The fourth-order valence-corrected chi connectivity index (χ4v) is 2.30. The molecule has 2 N–H and O–H groups in total. The molecule has 0 atom stereocenters. The number of hydrogen-bond acceptors (Lipinski definition) is 5. The predicted octanol–water partition coefficient (Wildman–Crippen LogP) is 0.381. The van der Waals surface area contributed by atoms with Gasteiger partial charge in [0.1, 0.15) is 17.0 Å². The Labute approximate surface area is 121 Å². The van der Waals surface area contributed by atoms with Gasteiger partial charge in [-0.25, -0.2) is 0 Å². The minimum absolute atomic E-state index is 0.148. The molecule has 7 nitrogen and oxygen atoms in total. The van der Waals surface area contributed by atoms with Crippen LogP contribution in [0, 0.1) is 0 Å². The van der Waals surface area contributed by atoms with Gasteiger partial charge < -0.3 is 10.3 Å². The highest BCUT2D eigenvalue weighted by Gasteiger charge is 2.11. The lowest BCUT2D eigenvalue weighted by Crippen LogP contribution is -2.20. The van der Waals surface area contributed by atoms with Crippen LogP contribution in [-0.4, -0.2) is 30.7 Å². The van der Waals surface area contributed by atoms with Crippen molar-refractivity contribution in [1.82, 2.24) is 24.1 Å². The number of nitrogens with two attached hydrogens (primary N) is 1. The third-order valence-electron chi connectivity index (χ3n) is 3.43. The second-order valence-corrected chi connectivity index (χ2v) is 4.82. The van der Waals surface area contributed by atoms with Gasteiger partial charge in [-0.1, -0.05) is 0 Å². The van der Waals surface area contributed by atoms with Gasteiger partial charge in [-0.15, -0.1) is 0 Å². The van der Waals surface area contributed by atoms with E-state index in [1.165, 1.54) is 4.52 Å². The van der Waals surface area contributed by atoms with E-state index in [-0.39, 0.29) is 5.56 Å². The van der Waals surface area contributed by atoms with Gasteiger partial charge in [-0.05, 0) is 19.4 Å². The monoisotopic (exact) mass is 284 g/mol. The second-order valence-electron chi connectivity index (χ2n) is 4.82. The summed E-state index contributed by atoms with van der Waals surface area (Å²) in [6, 6.07) is 3.45. The molecular formula is C14H16N6O. The van der Waals surface area contributed by atoms with E-state index in [9.17, 15) is 4.79 Å². The number of nitrogens with zero attached hydrogens (tertiary/aromatic N) is 5. The van der Waals surface area contributed by atoms with Crippen LogP contribution in [-0.2, 0) is 13.5 Å². The molecule has 0 aliphatic rings. The van der Waals surface area contributed by atoms with Crippen LogP contribution < -0.4 is 11.3 Å². The van der Waals surface area contributed by atoms with Crippen molar-refractivity contribution in [2.75, 3.05) is 6.54 Å². The minimum Gasteiger partial charge on any atom is -0.333 e. The second kappa shape index (κ2) is 5.45. The van der Waals surface area contributed by atoms with Gasteiger partial charge >= 0.3 is 0 Å². The molecule has 0 unspecified atom stereocenters. The Morgan fingerprint density at radius 1 is 1.24 bits per heavy atom. The molecule has 0 aliphatic heterocycles. The van der Waals surface area contributed by atoms with Crippen LogP contribution in [0.15, 0.2) is 35.5 Å². The highest BCUT2D eigenvalue weighted by molar-refractivity contribution is 5.60. The van der Waals surface area contributed by atoms with Crippen LogP contribution >= 0.6 is 0 Å². The molecule has 0 saturated heterocycles. The molecule has 0 aliphatic carbocycles. The maximum absolute atomic E-state index is 12.2. The zero-order valence-electron chi connectivity index (χ0n) is 11.7. The van der Waals surface area contributed by atoms with Crippen LogP contribution in [0.2, 0.25) is 0 Å². The molecule has 0 aromatic carbocycles. The van der Waals surface area contributed by atoms with Crippen molar-refractivity contribution in [3.05, 3.63) is 46.8 Å². The molecule has 7 heteroatoms. The van der Waals surface area contributed by atoms with Crippen LogP contribution in [0.5, 0.6) is 0 Å². The van der Waals surface area contributed by atoms with Crippen LogP contribution in [0.3, 0.4) is 0 Å². The summed E-state index contributed by atoms with van der Waals surface area (Å²) in [6.07, 6.45) is 6.44. The van der Waals surface area contributed by atoms with E-state index in [1.54, 1.807) is 24.7 Å². The molecule has 0 saturated carbocycles. The molecule has 0 amide bonds. The largest absolute Gasteiger partial charge is 0.333 e. The topological polar surface area (TPSA) is 91.1 Å². The summed E-state index contributed by atoms with van der Waals surface area (Å²) in [5, 5.41) is 4.32. The molecule has 3 aromatic rings. The molecule has 21 heavy (non-hydrogen) atoms. The van der Waals surface area contributed by atoms with E-state index in [1.807, 2.05) is 17.7 Å². The maximum Gasteiger partial charge on any atom is 0.274 e. The van der Waals surface area contributed by atoms with E-state index in [4.69, 9.17) is 5.73 Å². The lowest BCUT2D eigenvalue weighted by molar-refractivity contribution is 0.725.